The fourth-order valence-electron chi connectivity index (χ4n) is 1.91. The lowest BCUT2D eigenvalue weighted by molar-refractivity contribution is -0.123. The predicted octanol–water partition coefficient (Wildman–Crippen LogP) is -0.358. The highest BCUT2D eigenvalue weighted by atomic mass is 16.5. The Balaban J connectivity index is 1.77. The van der Waals surface area contributed by atoms with Gasteiger partial charge in [0.05, 0.1) is 0 Å². The molecule has 0 radical (unpaired) electrons. The Kier molecular flexibility index (Phi) is 4.35. The van der Waals surface area contributed by atoms with E-state index in [0.717, 1.165) is 19.5 Å². The lowest BCUT2D eigenvalue weighted by Gasteiger charge is -2.12. The van der Waals surface area contributed by atoms with Gasteiger partial charge in [0.15, 0.2) is 6.61 Å². The van der Waals surface area contributed by atoms with E-state index in [9.17, 15) is 9.59 Å². The van der Waals surface area contributed by atoms with Crippen molar-refractivity contribution in [2.75, 3.05) is 19.7 Å². The van der Waals surface area contributed by atoms with Crippen LogP contribution in [0.1, 0.15) is 16.8 Å². The zero-order valence-electron chi connectivity index (χ0n) is 10.5. The predicted molar refractivity (Wildman–Crippen MR) is 69.9 cm³/mol. The third-order valence-electron chi connectivity index (χ3n) is 2.93. The van der Waals surface area contributed by atoms with Crippen LogP contribution in [0.5, 0.6) is 5.75 Å². The summed E-state index contributed by atoms with van der Waals surface area (Å²) in [6.07, 6.45) is 0.944. The number of amides is 2. The molecule has 1 unspecified atom stereocenters. The molecular formula is C13H17N3O3. The Hall–Kier alpha value is -2.08. The molecular weight excluding hydrogens is 246 g/mol. The van der Waals surface area contributed by atoms with Crippen LogP contribution in [0, 0.1) is 0 Å². The summed E-state index contributed by atoms with van der Waals surface area (Å²) in [4.78, 5) is 22.5. The van der Waals surface area contributed by atoms with Crippen LogP contribution in [0.3, 0.4) is 0 Å². The van der Waals surface area contributed by atoms with Gasteiger partial charge in [0.2, 0.25) is 5.91 Å². The Morgan fingerprint density at radius 2 is 2.11 bits per heavy atom. The molecule has 1 aliphatic heterocycles. The van der Waals surface area contributed by atoms with Crippen LogP contribution in [-0.2, 0) is 4.79 Å². The average molecular weight is 263 g/mol. The fraction of sp³-hybridized carbons (Fsp3) is 0.385. The first-order valence-corrected chi connectivity index (χ1v) is 6.18. The highest BCUT2D eigenvalue weighted by Gasteiger charge is 2.16. The van der Waals surface area contributed by atoms with Crippen molar-refractivity contribution in [1.82, 2.24) is 10.6 Å². The molecule has 1 fully saturated rings. The highest BCUT2D eigenvalue weighted by molar-refractivity contribution is 5.92. The summed E-state index contributed by atoms with van der Waals surface area (Å²) in [5.74, 6) is -0.101. The van der Waals surface area contributed by atoms with Crippen molar-refractivity contribution in [3.05, 3.63) is 29.8 Å². The van der Waals surface area contributed by atoms with Gasteiger partial charge < -0.3 is 21.1 Å². The van der Waals surface area contributed by atoms with Crippen molar-refractivity contribution in [2.24, 2.45) is 5.73 Å². The Labute approximate surface area is 111 Å². The molecule has 2 rings (SSSR count). The van der Waals surface area contributed by atoms with Crippen molar-refractivity contribution in [3.63, 3.8) is 0 Å². The van der Waals surface area contributed by atoms with Gasteiger partial charge in [-0.05, 0) is 37.2 Å². The third kappa shape index (κ3) is 3.96. The van der Waals surface area contributed by atoms with Crippen LogP contribution in [0.4, 0.5) is 0 Å². The molecule has 0 aliphatic carbocycles. The maximum absolute atomic E-state index is 11.6. The van der Waals surface area contributed by atoms with Crippen molar-refractivity contribution in [3.8, 4) is 5.75 Å². The second-order valence-corrected chi connectivity index (χ2v) is 4.43. The van der Waals surface area contributed by atoms with E-state index in [0.29, 0.717) is 11.3 Å². The number of benzene rings is 1. The monoisotopic (exact) mass is 263 g/mol. The summed E-state index contributed by atoms with van der Waals surface area (Å²) in [5, 5.41) is 6.05. The van der Waals surface area contributed by atoms with Gasteiger partial charge in [0.25, 0.3) is 5.91 Å². The van der Waals surface area contributed by atoms with E-state index in [4.69, 9.17) is 10.5 Å². The molecule has 1 aliphatic rings. The minimum absolute atomic E-state index is 0.0353. The van der Waals surface area contributed by atoms with Crippen molar-refractivity contribution in [1.29, 1.82) is 0 Å². The molecule has 0 aromatic heterocycles. The highest BCUT2D eigenvalue weighted by Crippen LogP contribution is 2.11. The molecule has 1 aromatic rings. The standard InChI is InChI=1S/C13H17N3O3/c14-13(18)9-1-3-11(4-2-9)19-8-12(17)16-10-5-6-15-7-10/h1-4,10,15H,5-8H2,(H2,14,18)(H,16,17). The second-order valence-electron chi connectivity index (χ2n) is 4.43. The van der Waals surface area contributed by atoms with Gasteiger partial charge in [-0.2, -0.15) is 0 Å². The summed E-state index contributed by atoms with van der Waals surface area (Å²) in [5.41, 5.74) is 5.54. The van der Waals surface area contributed by atoms with Gasteiger partial charge in [-0.1, -0.05) is 0 Å². The zero-order chi connectivity index (χ0) is 13.7. The SMILES string of the molecule is NC(=O)c1ccc(OCC(=O)NC2CCNC2)cc1. The van der Waals surface area contributed by atoms with E-state index in [1.54, 1.807) is 24.3 Å². The number of nitrogens with one attached hydrogen (secondary N) is 2. The van der Waals surface area contributed by atoms with Gasteiger partial charge in [-0.3, -0.25) is 9.59 Å². The second kappa shape index (κ2) is 6.19. The lowest BCUT2D eigenvalue weighted by atomic mass is 10.2. The first kappa shape index (κ1) is 13.4. The third-order valence-corrected chi connectivity index (χ3v) is 2.93. The normalized spacial score (nSPS) is 18.0. The molecule has 0 spiro atoms. The number of rotatable bonds is 5. The van der Waals surface area contributed by atoms with E-state index in [1.807, 2.05) is 0 Å². The van der Waals surface area contributed by atoms with Crippen LogP contribution in [-0.4, -0.2) is 37.6 Å². The molecule has 1 saturated heterocycles. The first-order chi connectivity index (χ1) is 9.15. The van der Waals surface area contributed by atoms with Gasteiger partial charge in [0, 0.05) is 18.2 Å². The molecule has 1 heterocycles. The molecule has 4 N–H and O–H groups in total. The smallest absolute Gasteiger partial charge is 0.258 e. The van der Waals surface area contributed by atoms with E-state index in [2.05, 4.69) is 10.6 Å². The summed E-state index contributed by atoms with van der Waals surface area (Å²) in [7, 11) is 0. The van der Waals surface area contributed by atoms with Gasteiger partial charge >= 0.3 is 0 Å². The summed E-state index contributed by atoms with van der Waals surface area (Å²) in [6.45, 7) is 1.70. The zero-order valence-corrected chi connectivity index (χ0v) is 10.5. The summed E-state index contributed by atoms with van der Waals surface area (Å²) in [6, 6.07) is 6.55. The van der Waals surface area contributed by atoms with Crippen LogP contribution in [0.25, 0.3) is 0 Å². The molecule has 0 bridgehead atoms. The number of hydrogen-bond acceptors (Lipinski definition) is 4. The largest absolute Gasteiger partial charge is 0.484 e. The number of hydrogen-bond donors (Lipinski definition) is 3. The summed E-state index contributed by atoms with van der Waals surface area (Å²) < 4.78 is 5.33. The summed E-state index contributed by atoms with van der Waals surface area (Å²) >= 11 is 0. The molecule has 0 saturated carbocycles. The molecule has 2 amide bonds. The number of ether oxygens (including phenoxy) is 1. The molecule has 6 heteroatoms. The van der Waals surface area contributed by atoms with E-state index in [-0.39, 0.29) is 18.6 Å². The molecule has 19 heavy (non-hydrogen) atoms. The maximum atomic E-state index is 11.6. The topological polar surface area (TPSA) is 93.5 Å². The molecule has 1 aromatic carbocycles. The van der Waals surface area contributed by atoms with E-state index >= 15 is 0 Å². The Morgan fingerprint density at radius 1 is 1.37 bits per heavy atom. The number of primary amides is 1. The van der Waals surface area contributed by atoms with Crippen molar-refractivity contribution < 1.29 is 14.3 Å². The van der Waals surface area contributed by atoms with Crippen molar-refractivity contribution >= 4 is 11.8 Å². The van der Waals surface area contributed by atoms with Crippen LogP contribution in [0.2, 0.25) is 0 Å². The van der Waals surface area contributed by atoms with Gasteiger partial charge in [0.1, 0.15) is 5.75 Å². The van der Waals surface area contributed by atoms with Crippen LogP contribution < -0.4 is 21.1 Å². The van der Waals surface area contributed by atoms with Crippen LogP contribution in [0.15, 0.2) is 24.3 Å². The maximum Gasteiger partial charge on any atom is 0.258 e. The molecule has 1 atom stereocenters. The number of carbonyl (C=O) groups excluding carboxylic acids is 2. The van der Waals surface area contributed by atoms with E-state index in [1.165, 1.54) is 0 Å². The minimum Gasteiger partial charge on any atom is -0.484 e. The van der Waals surface area contributed by atoms with Gasteiger partial charge in [-0.25, -0.2) is 0 Å². The quantitative estimate of drug-likeness (QED) is 0.676. The minimum atomic E-state index is -0.488. The lowest BCUT2D eigenvalue weighted by Crippen LogP contribution is -2.39. The molecule has 102 valence electrons. The molecule has 6 nitrogen and oxygen atoms in total. The van der Waals surface area contributed by atoms with Crippen molar-refractivity contribution in [2.45, 2.75) is 12.5 Å². The number of nitrogens with two attached hydrogens (primary N) is 1. The fourth-order valence-corrected chi connectivity index (χ4v) is 1.91. The Morgan fingerprint density at radius 3 is 2.68 bits per heavy atom. The van der Waals surface area contributed by atoms with Gasteiger partial charge in [-0.15, -0.1) is 0 Å². The first-order valence-electron chi connectivity index (χ1n) is 6.18. The van der Waals surface area contributed by atoms with Crippen LogP contribution >= 0.6 is 0 Å². The van der Waals surface area contributed by atoms with E-state index < -0.39 is 5.91 Å². The number of carbonyl (C=O) groups is 2. The average Bonchev–Trinajstić information content (AvgIpc) is 2.89. The Bertz CT molecular complexity index is 453.